The van der Waals surface area contributed by atoms with Crippen molar-refractivity contribution in [1.82, 2.24) is 4.90 Å². The molecule has 1 amide bonds. The van der Waals surface area contributed by atoms with Gasteiger partial charge in [-0.3, -0.25) is 4.79 Å². The second-order valence-corrected chi connectivity index (χ2v) is 6.16. The minimum atomic E-state index is 0.0525. The Morgan fingerprint density at radius 2 is 2.05 bits per heavy atom. The van der Waals surface area contributed by atoms with Crippen molar-refractivity contribution in [3.63, 3.8) is 0 Å². The van der Waals surface area contributed by atoms with Gasteiger partial charge in [-0.25, -0.2) is 0 Å². The van der Waals surface area contributed by atoms with Gasteiger partial charge in [0.05, 0.1) is 0 Å². The Hall–Kier alpha value is -1.42. The first kappa shape index (κ1) is 12.6. The first-order chi connectivity index (χ1) is 9.15. The fourth-order valence-electron chi connectivity index (χ4n) is 2.50. The largest absolute Gasteiger partial charge is 0.461 e. The van der Waals surface area contributed by atoms with Crippen LogP contribution in [0.5, 0.6) is 0 Å². The number of aryl methyl sites for hydroxylation is 2. The summed E-state index contributed by atoms with van der Waals surface area (Å²) in [6, 6.07) is 6.04. The minimum absolute atomic E-state index is 0.0525. The van der Waals surface area contributed by atoms with Crippen molar-refractivity contribution in [2.75, 3.05) is 14.1 Å². The molecule has 0 fully saturated rings. The summed E-state index contributed by atoms with van der Waals surface area (Å²) in [7, 11) is 3.54. The Labute approximate surface area is 117 Å². The normalized spacial score (nSPS) is 14.4. The highest BCUT2D eigenvalue weighted by Gasteiger charge is 2.18. The van der Waals surface area contributed by atoms with Gasteiger partial charge < -0.3 is 9.32 Å². The molecule has 0 atom stereocenters. The highest BCUT2D eigenvalue weighted by atomic mass is 32.2. The lowest BCUT2D eigenvalue weighted by Gasteiger charge is -2.10. The molecule has 3 rings (SSSR count). The Morgan fingerprint density at radius 1 is 1.26 bits per heavy atom. The second-order valence-electron chi connectivity index (χ2n) is 5.13. The lowest BCUT2D eigenvalue weighted by Crippen LogP contribution is -2.15. The molecule has 1 aromatic carbocycles. The van der Waals surface area contributed by atoms with Crippen LogP contribution < -0.4 is 0 Å². The van der Waals surface area contributed by atoms with Gasteiger partial charge in [0.2, 0.25) is 0 Å². The second kappa shape index (κ2) is 4.93. The number of hydrogen-bond acceptors (Lipinski definition) is 3. The van der Waals surface area contributed by atoms with E-state index < -0.39 is 0 Å². The first-order valence-corrected chi connectivity index (χ1v) is 7.40. The van der Waals surface area contributed by atoms with E-state index in [1.165, 1.54) is 35.6 Å². The van der Waals surface area contributed by atoms with Crippen LogP contribution in [-0.4, -0.2) is 24.2 Å². The summed E-state index contributed by atoms with van der Waals surface area (Å²) in [6.07, 6.45) is 4.59. The van der Waals surface area contributed by atoms with Crippen molar-refractivity contribution in [2.45, 2.75) is 30.6 Å². The lowest BCUT2D eigenvalue weighted by molar-refractivity contribution is 0.241. The summed E-state index contributed by atoms with van der Waals surface area (Å²) < 4.78 is 5.89. The number of nitrogens with zero attached hydrogens (tertiary/aromatic N) is 1. The van der Waals surface area contributed by atoms with Crippen molar-refractivity contribution >= 4 is 28.0 Å². The molecule has 0 unspecified atom stereocenters. The summed E-state index contributed by atoms with van der Waals surface area (Å²) in [5.41, 5.74) is 2.30. The highest BCUT2D eigenvalue weighted by Crippen LogP contribution is 2.34. The van der Waals surface area contributed by atoms with E-state index in [0.29, 0.717) is 0 Å². The van der Waals surface area contributed by atoms with Gasteiger partial charge in [-0.1, -0.05) is 0 Å². The third-order valence-electron chi connectivity index (χ3n) is 3.50. The van der Waals surface area contributed by atoms with Crippen molar-refractivity contribution in [3.05, 3.63) is 29.5 Å². The fraction of sp³-hybridized carbons (Fsp3) is 0.400. The molecule has 0 bridgehead atoms. The van der Waals surface area contributed by atoms with E-state index in [-0.39, 0.29) is 5.24 Å². The molecule has 100 valence electrons. The van der Waals surface area contributed by atoms with Crippen molar-refractivity contribution < 1.29 is 9.21 Å². The van der Waals surface area contributed by atoms with Crippen LogP contribution in [0.2, 0.25) is 0 Å². The minimum Gasteiger partial charge on any atom is -0.461 e. The number of fused-ring (bicyclic) bond motifs is 3. The molecular formula is C15H17NO2S. The predicted octanol–water partition coefficient (Wildman–Crippen LogP) is 4.09. The van der Waals surface area contributed by atoms with Crippen LogP contribution in [-0.2, 0) is 12.8 Å². The number of hydrogen-bond donors (Lipinski definition) is 0. The monoisotopic (exact) mass is 275 g/mol. The average Bonchev–Trinajstić information content (AvgIpc) is 2.76. The molecular weight excluding hydrogens is 258 g/mol. The van der Waals surface area contributed by atoms with Crippen LogP contribution in [0.25, 0.3) is 11.0 Å². The van der Waals surface area contributed by atoms with Crippen LogP contribution in [0.1, 0.15) is 24.2 Å². The highest BCUT2D eigenvalue weighted by molar-refractivity contribution is 8.13. The van der Waals surface area contributed by atoms with Crippen LogP contribution in [0, 0.1) is 0 Å². The van der Waals surface area contributed by atoms with E-state index >= 15 is 0 Å². The zero-order chi connectivity index (χ0) is 13.4. The maximum atomic E-state index is 11.7. The summed E-state index contributed by atoms with van der Waals surface area (Å²) in [6.45, 7) is 0. The number of rotatable bonds is 1. The van der Waals surface area contributed by atoms with E-state index in [4.69, 9.17) is 4.42 Å². The zero-order valence-corrected chi connectivity index (χ0v) is 12.0. The molecule has 4 heteroatoms. The van der Waals surface area contributed by atoms with E-state index in [0.717, 1.165) is 29.1 Å². The number of thioether (sulfide) groups is 1. The molecule has 0 radical (unpaired) electrons. The van der Waals surface area contributed by atoms with Crippen molar-refractivity contribution in [1.29, 1.82) is 0 Å². The lowest BCUT2D eigenvalue weighted by atomic mass is 9.96. The van der Waals surface area contributed by atoms with Crippen molar-refractivity contribution in [2.24, 2.45) is 0 Å². The Balaban J connectivity index is 1.98. The van der Waals surface area contributed by atoms with Crippen LogP contribution in [0.4, 0.5) is 4.79 Å². The van der Waals surface area contributed by atoms with E-state index in [1.54, 1.807) is 19.0 Å². The molecule has 1 heterocycles. The van der Waals surface area contributed by atoms with Gasteiger partial charge in [0, 0.05) is 36.4 Å². The summed E-state index contributed by atoms with van der Waals surface area (Å²) in [5, 5.41) is 1.24. The summed E-state index contributed by atoms with van der Waals surface area (Å²) >= 11 is 1.27. The Bertz CT molecular complexity index is 630. The van der Waals surface area contributed by atoms with E-state index in [9.17, 15) is 4.79 Å². The zero-order valence-electron chi connectivity index (χ0n) is 11.2. The van der Waals surface area contributed by atoms with E-state index in [2.05, 4.69) is 6.07 Å². The molecule has 0 spiro atoms. The van der Waals surface area contributed by atoms with Gasteiger partial charge in [-0.15, -0.1) is 0 Å². The molecule has 19 heavy (non-hydrogen) atoms. The molecule has 0 saturated carbocycles. The van der Waals surface area contributed by atoms with Gasteiger partial charge in [-0.2, -0.15) is 0 Å². The molecule has 0 aliphatic heterocycles. The predicted molar refractivity (Wildman–Crippen MR) is 77.8 cm³/mol. The molecule has 0 saturated heterocycles. The fourth-order valence-corrected chi connectivity index (χ4v) is 3.19. The molecule has 1 aromatic heterocycles. The van der Waals surface area contributed by atoms with Crippen LogP contribution in [0.15, 0.2) is 27.5 Å². The third kappa shape index (κ3) is 2.37. The van der Waals surface area contributed by atoms with Crippen LogP contribution in [0.3, 0.4) is 0 Å². The maximum Gasteiger partial charge on any atom is 0.285 e. The van der Waals surface area contributed by atoms with Crippen LogP contribution >= 0.6 is 11.8 Å². The van der Waals surface area contributed by atoms with E-state index in [1.807, 2.05) is 12.1 Å². The maximum absolute atomic E-state index is 11.7. The van der Waals surface area contributed by atoms with Gasteiger partial charge >= 0.3 is 0 Å². The average molecular weight is 275 g/mol. The summed E-state index contributed by atoms with van der Waals surface area (Å²) in [4.78, 5) is 14.3. The number of carbonyl (C=O) groups is 1. The molecule has 2 aromatic rings. The quantitative estimate of drug-likeness (QED) is 0.735. The smallest absolute Gasteiger partial charge is 0.285 e. The van der Waals surface area contributed by atoms with Gasteiger partial charge in [0.1, 0.15) is 11.3 Å². The Morgan fingerprint density at radius 3 is 2.84 bits per heavy atom. The number of amides is 1. The number of benzene rings is 1. The van der Waals surface area contributed by atoms with Gasteiger partial charge in [0.25, 0.3) is 5.24 Å². The third-order valence-corrected chi connectivity index (χ3v) is 4.53. The van der Waals surface area contributed by atoms with Crippen molar-refractivity contribution in [3.8, 4) is 0 Å². The molecule has 3 nitrogen and oxygen atoms in total. The number of furan rings is 1. The topological polar surface area (TPSA) is 33.5 Å². The first-order valence-electron chi connectivity index (χ1n) is 6.58. The van der Waals surface area contributed by atoms with Gasteiger partial charge in [0.15, 0.2) is 0 Å². The van der Waals surface area contributed by atoms with Gasteiger partial charge in [-0.05, 0) is 49.2 Å². The summed E-state index contributed by atoms with van der Waals surface area (Å²) in [5.74, 6) is 1.14. The molecule has 1 aliphatic carbocycles. The molecule has 0 N–H and O–H groups in total. The molecule has 1 aliphatic rings. The number of carbonyl (C=O) groups excluding carboxylic acids is 1. The Kier molecular flexibility index (Phi) is 3.27. The standard InChI is InChI=1S/C15H17NO2S/c1-16(2)15(17)19-10-7-8-14-12(9-10)11-5-3-4-6-13(11)18-14/h7-9H,3-6H2,1-2H3. The SMILES string of the molecule is CN(C)C(=O)Sc1ccc2oc3c(c2c1)CCCC3.